The predicted molar refractivity (Wildman–Crippen MR) is 122 cm³/mol. The lowest BCUT2D eigenvalue weighted by molar-refractivity contribution is -0.122. The van der Waals surface area contributed by atoms with E-state index < -0.39 is 0 Å². The van der Waals surface area contributed by atoms with Crippen LogP contribution in [0, 0.1) is 23.7 Å². The Morgan fingerprint density at radius 2 is 1.94 bits per heavy atom. The first-order chi connectivity index (χ1) is 15.6. The fraction of sp³-hybridized carbons (Fsp3) is 0.440. The zero-order valence-electron chi connectivity index (χ0n) is 18.3. The van der Waals surface area contributed by atoms with Crippen molar-refractivity contribution in [2.45, 2.75) is 38.6 Å². The second-order valence-corrected chi connectivity index (χ2v) is 9.23. The summed E-state index contributed by atoms with van der Waals surface area (Å²) < 4.78 is 0. The number of benzene rings is 1. The highest BCUT2D eigenvalue weighted by atomic mass is 16.2. The molecule has 2 aromatic heterocycles. The van der Waals surface area contributed by atoms with E-state index in [1.165, 1.54) is 6.42 Å². The monoisotopic (exact) mass is 431 g/mol. The number of H-pyrrole nitrogens is 1. The van der Waals surface area contributed by atoms with E-state index in [2.05, 4.69) is 32.7 Å². The van der Waals surface area contributed by atoms with Gasteiger partial charge in [0.05, 0.1) is 11.4 Å². The first kappa shape index (κ1) is 20.7. The highest BCUT2D eigenvalue weighted by Gasteiger charge is 2.54. The Balaban J connectivity index is 1.17. The van der Waals surface area contributed by atoms with Gasteiger partial charge in [0.25, 0.3) is 5.91 Å². The average molecular weight is 432 g/mol. The maximum Gasteiger partial charge on any atom is 0.270 e. The Hall–Kier alpha value is -3.22. The van der Waals surface area contributed by atoms with Gasteiger partial charge < -0.3 is 10.6 Å². The number of fused-ring (bicyclic) bond motifs is 1. The Kier molecular flexibility index (Phi) is 5.64. The second kappa shape index (κ2) is 8.73. The van der Waals surface area contributed by atoms with Crippen LogP contribution in [0.1, 0.15) is 54.7 Å². The molecule has 3 aromatic rings. The number of hydrogen-bond acceptors (Lipinski definition) is 4. The molecular formula is C25H29N5O2. The van der Waals surface area contributed by atoms with Gasteiger partial charge in [-0.15, -0.1) is 0 Å². The lowest BCUT2D eigenvalue weighted by Gasteiger charge is -2.19. The number of nitrogens with zero attached hydrogens (tertiary/aromatic N) is 2. The minimum absolute atomic E-state index is 0.156. The molecule has 2 amide bonds. The van der Waals surface area contributed by atoms with Crippen LogP contribution in [0.3, 0.4) is 0 Å². The Morgan fingerprint density at radius 3 is 2.72 bits per heavy atom. The molecule has 7 nitrogen and oxygen atoms in total. The van der Waals surface area contributed by atoms with Crippen LogP contribution in [0.25, 0.3) is 11.0 Å². The maximum atomic E-state index is 13.0. The van der Waals surface area contributed by atoms with Crippen molar-refractivity contribution < 1.29 is 9.59 Å². The lowest BCUT2D eigenvalue weighted by Crippen LogP contribution is -2.31. The van der Waals surface area contributed by atoms with Crippen LogP contribution in [-0.2, 0) is 4.79 Å². The van der Waals surface area contributed by atoms with Gasteiger partial charge >= 0.3 is 0 Å². The lowest BCUT2D eigenvalue weighted by atomic mass is 10.0. The molecule has 2 aliphatic rings. The minimum Gasteiger partial charge on any atom is -0.356 e. The van der Waals surface area contributed by atoms with Crippen LogP contribution in [0.15, 0.2) is 48.7 Å². The molecule has 32 heavy (non-hydrogen) atoms. The van der Waals surface area contributed by atoms with Gasteiger partial charge in [0.2, 0.25) is 5.91 Å². The Bertz CT molecular complexity index is 1110. The molecule has 2 heterocycles. The quantitative estimate of drug-likeness (QED) is 0.451. The van der Waals surface area contributed by atoms with Crippen LogP contribution in [-0.4, -0.2) is 33.5 Å². The van der Waals surface area contributed by atoms with Crippen molar-refractivity contribution >= 4 is 22.8 Å². The summed E-state index contributed by atoms with van der Waals surface area (Å²) in [7, 11) is 0. The van der Waals surface area contributed by atoms with Gasteiger partial charge in [0.1, 0.15) is 5.69 Å². The molecule has 2 aliphatic carbocycles. The number of aromatic nitrogens is 3. The van der Waals surface area contributed by atoms with E-state index in [4.69, 9.17) is 0 Å². The molecule has 166 valence electrons. The number of aromatic amines is 1. The van der Waals surface area contributed by atoms with Crippen molar-refractivity contribution in [1.82, 2.24) is 25.8 Å². The Morgan fingerprint density at radius 1 is 1.12 bits per heavy atom. The molecule has 7 heteroatoms. The highest BCUT2D eigenvalue weighted by Crippen LogP contribution is 2.57. The van der Waals surface area contributed by atoms with Gasteiger partial charge in [0, 0.05) is 18.7 Å². The van der Waals surface area contributed by atoms with Gasteiger partial charge in [-0.25, -0.2) is 4.98 Å². The summed E-state index contributed by atoms with van der Waals surface area (Å²) in [5.41, 5.74) is 1.98. The number of carbonyl (C=O) groups is 2. The van der Waals surface area contributed by atoms with Gasteiger partial charge in [-0.1, -0.05) is 37.3 Å². The van der Waals surface area contributed by atoms with E-state index in [1.54, 1.807) is 12.3 Å². The number of hydrogen-bond donors (Lipinski definition) is 3. The molecule has 0 spiro atoms. The molecule has 2 saturated carbocycles. The van der Waals surface area contributed by atoms with Crippen molar-refractivity contribution in [1.29, 1.82) is 0 Å². The smallest absolute Gasteiger partial charge is 0.270 e. The molecule has 0 aliphatic heterocycles. The van der Waals surface area contributed by atoms with E-state index >= 15 is 0 Å². The summed E-state index contributed by atoms with van der Waals surface area (Å²) in [6.45, 7) is 2.90. The maximum absolute atomic E-state index is 13.0. The third-order valence-electron chi connectivity index (χ3n) is 6.93. The number of rotatable bonds is 9. The molecule has 3 N–H and O–H groups in total. The molecule has 5 atom stereocenters. The van der Waals surface area contributed by atoms with Crippen molar-refractivity contribution in [2.75, 3.05) is 6.54 Å². The summed E-state index contributed by atoms with van der Waals surface area (Å²) in [5.74, 6) is 2.40. The number of carbonyl (C=O) groups excluding carboxylic acids is 2. The van der Waals surface area contributed by atoms with Crippen LogP contribution >= 0.6 is 0 Å². The summed E-state index contributed by atoms with van der Waals surface area (Å²) in [6.07, 6.45) is 5.51. The van der Waals surface area contributed by atoms with Crippen molar-refractivity contribution in [2.24, 2.45) is 23.7 Å². The van der Waals surface area contributed by atoms with Gasteiger partial charge in [-0.05, 0) is 61.1 Å². The zero-order chi connectivity index (χ0) is 22.1. The molecule has 5 rings (SSSR count). The average Bonchev–Trinajstić information content (AvgIpc) is 3.71. The van der Waals surface area contributed by atoms with E-state index in [0.29, 0.717) is 29.2 Å². The highest BCUT2D eigenvalue weighted by molar-refractivity contribution is 6.03. The van der Waals surface area contributed by atoms with Crippen LogP contribution in [0.2, 0.25) is 0 Å². The normalized spacial score (nSPS) is 24.7. The molecular weight excluding hydrogens is 402 g/mol. The Labute approximate surface area is 187 Å². The fourth-order valence-electron chi connectivity index (χ4n) is 4.85. The topological polar surface area (TPSA) is 99.8 Å². The van der Waals surface area contributed by atoms with E-state index in [1.807, 2.05) is 36.4 Å². The molecule has 1 aromatic carbocycles. The molecule has 2 fully saturated rings. The van der Waals surface area contributed by atoms with Crippen molar-refractivity contribution in [3.8, 4) is 0 Å². The number of amides is 2. The van der Waals surface area contributed by atoms with Gasteiger partial charge in [0.15, 0.2) is 5.65 Å². The largest absolute Gasteiger partial charge is 0.356 e. The zero-order valence-corrected chi connectivity index (χ0v) is 18.3. The third-order valence-corrected chi connectivity index (χ3v) is 6.93. The SMILES string of the molecule is CC1CC1C1CC1C(=O)NCCCC(NC(=O)c1[nH]nc2ncccc12)c1ccccc1. The van der Waals surface area contributed by atoms with Crippen molar-refractivity contribution in [3.63, 3.8) is 0 Å². The minimum atomic E-state index is -0.210. The third kappa shape index (κ3) is 4.38. The van der Waals surface area contributed by atoms with E-state index in [9.17, 15) is 9.59 Å². The van der Waals surface area contributed by atoms with Gasteiger partial charge in [-0.3, -0.25) is 14.7 Å². The summed E-state index contributed by atoms with van der Waals surface area (Å²) >= 11 is 0. The summed E-state index contributed by atoms with van der Waals surface area (Å²) in [5, 5.41) is 13.9. The molecule has 0 bridgehead atoms. The fourth-order valence-corrected chi connectivity index (χ4v) is 4.85. The van der Waals surface area contributed by atoms with Crippen LogP contribution in [0.5, 0.6) is 0 Å². The second-order valence-electron chi connectivity index (χ2n) is 9.23. The first-order valence-electron chi connectivity index (χ1n) is 11.5. The first-order valence-corrected chi connectivity index (χ1v) is 11.5. The van der Waals surface area contributed by atoms with Crippen LogP contribution < -0.4 is 10.6 Å². The number of nitrogens with one attached hydrogen (secondary N) is 3. The van der Waals surface area contributed by atoms with E-state index in [0.717, 1.165) is 36.7 Å². The molecule has 0 radical (unpaired) electrons. The van der Waals surface area contributed by atoms with Gasteiger partial charge in [-0.2, -0.15) is 5.10 Å². The van der Waals surface area contributed by atoms with E-state index in [-0.39, 0.29) is 23.8 Å². The van der Waals surface area contributed by atoms with Crippen molar-refractivity contribution in [3.05, 3.63) is 59.9 Å². The predicted octanol–water partition coefficient (Wildman–Crippen LogP) is 3.62. The van der Waals surface area contributed by atoms with Crippen LogP contribution in [0.4, 0.5) is 0 Å². The molecule has 5 unspecified atom stereocenters. The standard InChI is InChI=1S/C25H29N5O2/c1-15-13-18(15)19-14-20(19)24(31)27-12-6-10-21(16-7-3-2-4-8-16)28-25(32)22-17-9-5-11-26-23(17)30-29-22/h2-5,7-9,11,15,18-21H,6,10,12-14H2,1H3,(H,27,31)(H,28,32)(H,26,29,30). The summed E-state index contributed by atoms with van der Waals surface area (Å²) in [4.78, 5) is 29.6. The summed E-state index contributed by atoms with van der Waals surface area (Å²) in [6, 6.07) is 13.4. The molecule has 0 saturated heterocycles. The number of pyridine rings is 1.